The number of aryl methyl sites for hydroxylation is 1. The Balaban J connectivity index is 0.000000673. The highest BCUT2D eigenvalue weighted by molar-refractivity contribution is 5.92. The van der Waals surface area contributed by atoms with E-state index in [1.807, 2.05) is 21.0 Å². The maximum atomic E-state index is 11.3. The molecule has 0 unspecified atom stereocenters. The smallest absolute Gasteiger partial charge is 0.271 e. The third kappa shape index (κ3) is 6.15. The largest absolute Gasteiger partial charge is 0.396 e. The predicted octanol–water partition coefficient (Wildman–Crippen LogP) is -0.334. The van der Waals surface area contributed by atoms with E-state index in [1.54, 1.807) is 6.07 Å². The zero-order valence-corrected chi connectivity index (χ0v) is 10.0. The molecule has 1 heterocycles. The number of rotatable bonds is 4. The molecule has 0 fully saturated rings. The molecule has 0 aliphatic carbocycles. The van der Waals surface area contributed by atoms with Crippen molar-refractivity contribution in [3.63, 3.8) is 0 Å². The predicted molar refractivity (Wildman–Crippen MR) is 62.3 cm³/mol. The lowest BCUT2D eigenvalue weighted by Crippen LogP contribution is -2.25. The summed E-state index contributed by atoms with van der Waals surface area (Å²) < 4.78 is 0. The quantitative estimate of drug-likeness (QED) is 0.531. The molecule has 0 aliphatic rings. The highest BCUT2D eigenvalue weighted by atomic mass is 16.3. The van der Waals surface area contributed by atoms with Gasteiger partial charge in [0.1, 0.15) is 5.69 Å². The van der Waals surface area contributed by atoms with Gasteiger partial charge in [-0.2, -0.15) is 5.10 Å². The molecule has 0 bridgehead atoms. The van der Waals surface area contributed by atoms with Crippen molar-refractivity contribution >= 4 is 5.91 Å². The van der Waals surface area contributed by atoms with E-state index < -0.39 is 0 Å². The number of hydrogen-bond acceptors (Lipinski definition) is 4. The zero-order valence-electron chi connectivity index (χ0n) is 10.0. The standard InChI is InChI=1S/C8H13N3O2.C2H7N/c1-6-5-7(11-10-6)8(13)9-3-2-4-12;1-3-2/h5,12H,2-4H2,1H3,(H,9,13)(H,10,11);3H,1-2H3. The molecule has 16 heavy (non-hydrogen) atoms. The summed E-state index contributed by atoms with van der Waals surface area (Å²) in [4.78, 5) is 11.3. The van der Waals surface area contributed by atoms with Crippen molar-refractivity contribution < 1.29 is 9.90 Å². The van der Waals surface area contributed by atoms with Gasteiger partial charge in [-0.1, -0.05) is 0 Å². The Bertz CT molecular complexity index is 299. The third-order valence-corrected chi connectivity index (χ3v) is 1.56. The van der Waals surface area contributed by atoms with Crippen LogP contribution < -0.4 is 10.6 Å². The van der Waals surface area contributed by atoms with Crippen molar-refractivity contribution in [3.05, 3.63) is 17.5 Å². The molecule has 0 radical (unpaired) electrons. The van der Waals surface area contributed by atoms with Gasteiger partial charge in [0.15, 0.2) is 0 Å². The molecular weight excluding hydrogens is 208 g/mol. The van der Waals surface area contributed by atoms with E-state index >= 15 is 0 Å². The molecule has 1 rings (SSSR count). The maximum absolute atomic E-state index is 11.3. The molecule has 0 saturated heterocycles. The Hall–Kier alpha value is -1.40. The van der Waals surface area contributed by atoms with Crippen LogP contribution in [-0.4, -0.2) is 48.5 Å². The Morgan fingerprint density at radius 3 is 2.62 bits per heavy atom. The van der Waals surface area contributed by atoms with Gasteiger partial charge in [-0.3, -0.25) is 9.89 Å². The first-order chi connectivity index (χ1) is 7.65. The zero-order chi connectivity index (χ0) is 12.4. The number of amides is 1. The van der Waals surface area contributed by atoms with Crippen LogP contribution >= 0.6 is 0 Å². The normalized spacial score (nSPS) is 9.25. The molecular formula is C10H20N4O2. The molecule has 4 N–H and O–H groups in total. The second-order valence-corrected chi connectivity index (χ2v) is 3.27. The van der Waals surface area contributed by atoms with E-state index in [4.69, 9.17) is 5.11 Å². The van der Waals surface area contributed by atoms with Crippen LogP contribution in [-0.2, 0) is 0 Å². The average molecular weight is 228 g/mol. The number of aromatic amines is 1. The Kier molecular flexibility index (Phi) is 8.10. The Morgan fingerprint density at radius 1 is 1.56 bits per heavy atom. The second kappa shape index (κ2) is 8.87. The first-order valence-corrected chi connectivity index (χ1v) is 5.15. The molecule has 1 aromatic heterocycles. The Labute approximate surface area is 95.4 Å². The number of aromatic nitrogens is 2. The topological polar surface area (TPSA) is 90.0 Å². The van der Waals surface area contributed by atoms with Gasteiger partial charge in [0, 0.05) is 18.8 Å². The van der Waals surface area contributed by atoms with Crippen LogP contribution in [0.1, 0.15) is 22.6 Å². The lowest BCUT2D eigenvalue weighted by Gasteiger charge is -1.99. The number of aliphatic hydroxyl groups is 1. The number of carbonyl (C=O) groups excluding carboxylic acids is 1. The van der Waals surface area contributed by atoms with Gasteiger partial charge in [0.05, 0.1) is 0 Å². The van der Waals surface area contributed by atoms with E-state index in [-0.39, 0.29) is 12.5 Å². The van der Waals surface area contributed by atoms with Gasteiger partial charge >= 0.3 is 0 Å². The van der Waals surface area contributed by atoms with Crippen LogP contribution in [0.25, 0.3) is 0 Å². The summed E-state index contributed by atoms with van der Waals surface area (Å²) in [5, 5.41) is 20.3. The number of aliphatic hydroxyl groups excluding tert-OH is 1. The summed E-state index contributed by atoms with van der Waals surface area (Å²) >= 11 is 0. The monoisotopic (exact) mass is 228 g/mol. The first kappa shape index (κ1) is 14.6. The van der Waals surface area contributed by atoms with Crippen LogP contribution in [0.15, 0.2) is 6.07 Å². The molecule has 92 valence electrons. The summed E-state index contributed by atoms with van der Waals surface area (Å²) in [6.07, 6.45) is 0.565. The minimum atomic E-state index is -0.210. The summed E-state index contributed by atoms with van der Waals surface area (Å²) in [5.74, 6) is -0.210. The molecule has 6 heteroatoms. The highest BCUT2D eigenvalue weighted by Gasteiger charge is 2.07. The van der Waals surface area contributed by atoms with E-state index in [2.05, 4.69) is 20.8 Å². The minimum Gasteiger partial charge on any atom is -0.396 e. The molecule has 0 aromatic carbocycles. The van der Waals surface area contributed by atoms with Crippen LogP contribution in [0.5, 0.6) is 0 Å². The van der Waals surface area contributed by atoms with Crippen LogP contribution in [0, 0.1) is 6.92 Å². The van der Waals surface area contributed by atoms with Crippen LogP contribution in [0.4, 0.5) is 0 Å². The fourth-order valence-corrected chi connectivity index (χ4v) is 0.906. The SMILES string of the molecule is CNC.Cc1cc(C(=O)NCCCO)n[nH]1. The Morgan fingerprint density at radius 2 is 2.19 bits per heavy atom. The highest BCUT2D eigenvalue weighted by Crippen LogP contribution is 1.96. The minimum absolute atomic E-state index is 0.0832. The van der Waals surface area contributed by atoms with Gasteiger partial charge in [-0.25, -0.2) is 0 Å². The molecule has 0 saturated carbocycles. The molecule has 0 aliphatic heterocycles. The fourth-order valence-electron chi connectivity index (χ4n) is 0.906. The van der Waals surface area contributed by atoms with Crippen molar-refractivity contribution in [3.8, 4) is 0 Å². The van der Waals surface area contributed by atoms with Gasteiger partial charge in [0.25, 0.3) is 5.91 Å². The van der Waals surface area contributed by atoms with E-state index in [9.17, 15) is 4.79 Å². The van der Waals surface area contributed by atoms with Crippen molar-refractivity contribution in [2.45, 2.75) is 13.3 Å². The first-order valence-electron chi connectivity index (χ1n) is 5.15. The van der Waals surface area contributed by atoms with E-state index in [0.29, 0.717) is 18.7 Å². The second-order valence-electron chi connectivity index (χ2n) is 3.27. The van der Waals surface area contributed by atoms with Gasteiger partial charge in [0.2, 0.25) is 0 Å². The van der Waals surface area contributed by atoms with Gasteiger partial charge in [-0.15, -0.1) is 0 Å². The number of carbonyl (C=O) groups is 1. The molecule has 6 nitrogen and oxygen atoms in total. The summed E-state index contributed by atoms with van der Waals surface area (Å²) in [5.41, 5.74) is 1.24. The van der Waals surface area contributed by atoms with E-state index in [0.717, 1.165) is 5.69 Å². The third-order valence-electron chi connectivity index (χ3n) is 1.56. The number of hydrogen-bond donors (Lipinski definition) is 4. The molecule has 1 amide bonds. The average Bonchev–Trinajstić information content (AvgIpc) is 2.66. The molecule has 0 spiro atoms. The number of nitrogens with zero attached hydrogens (tertiary/aromatic N) is 1. The van der Waals surface area contributed by atoms with Gasteiger partial charge in [-0.05, 0) is 33.5 Å². The van der Waals surface area contributed by atoms with Crippen LogP contribution in [0.2, 0.25) is 0 Å². The van der Waals surface area contributed by atoms with E-state index in [1.165, 1.54) is 0 Å². The van der Waals surface area contributed by atoms with Crippen molar-refractivity contribution in [1.29, 1.82) is 0 Å². The van der Waals surface area contributed by atoms with Crippen LogP contribution in [0.3, 0.4) is 0 Å². The van der Waals surface area contributed by atoms with Crippen molar-refractivity contribution in [1.82, 2.24) is 20.8 Å². The summed E-state index contributed by atoms with van der Waals surface area (Å²) in [6.45, 7) is 2.39. The van der Waals surface area contributed by atoms with Gasteiger partial charge < -0.3 is 15.7 Å². The number of nitrogens with one attached hydrogen (secondary N) is 3. The lowest BCUT2D eigenvalue weighted by molar-refractivity contribution is 0.0946. The molecule has 0 atom stereocenters. The van der Waals surface area contributed by atoms with Crippen molar-refractivity contribution in [2.24, 2.45) is 0 Å². The maximum Gasteiger partial charge on any atom is 0.271 e. The summed E-state index contributed by atoms with van der Waals surface area (Å²) in [7, 11) is 3.75. The van der Waals surface area contributed by atoms with Crippen molar-refractivity contribution in [2.75, 3.05) is 27.2 Å². The number of H-pyrrole nitrogens is 1. The fraction of sp³-hybridized carbons (Fsp3) is 0.600. The lowest BCUT2D eigenvalue weighted by atomic mass is 10.3. The summed E-state index contributed by atoms with van der Waals surface area (Å²) in [6, 6.07) is 1.67. The molecule has 1 aromatic rings.